The summed E-state index contributed by atoms with van der Waals surface area (Å²) >= 11 is 0. The van der Waals surface area contributed by atoms with Crippen molar-refractivity contribution >= 4 is 11.9 Å². The Labute approximate surface area is 509 Å². The van der Waals surface area contributed by atoms with Gasteiger partial charge in [0.25, 0.3) is 0 Å². The fraction of sp³-hybridized carbons (Fsp3) is 0.806. The SMILES string of the molecule is CC/C=C\C/C=C\C/C=C\C/C=C\C/C=C\CCCCC(O)C(=O)NC(COC1OC(CO)C(O)C(O)C1OC(=O)CCCCCCCCCCCCCCCCCCCCCCCCCCC)C(O)/C=C/CCCCCCCCCCC. The van der Waals surface area contributed by atoms with E-state index < -0.39 is 67.4 Å². The number of unbranched alkanes of at least 4 members (excludes halogenated alkanes) is 35. The number of aliphatic hydroxyl groups excluding tert-OH is 5. The Kier molecular flexibility index (Phi) is 55.9. The average molecular weight is 1170 g/mol. The minimum atomic E-state index is -1.62. The molecule has 1 saturated heterocycles. The van der Waals surface area contributed by atoms with Crippen LogP contribution in [0.5, 0.6) is 0 Å². The maximum atomic E-state index is 13.4. The molecule has 1 aliphatic heterocycles. The van der Waals surface area contributed by atoms with Gasteiger partial charge in [-0.05, 0) is 70.6 Å². The van der Waals surface area contributed by atoms with E-state index in [9.17, 15) is 35.1 Å². The van der Waals surface area contributed by atoms with Gasteiger partial charge in [-0.15, -0.1) is 0 Å². The summed E-state index contributed by atoms with van der Waals surface area (Å²) < 4.78 is 17.7. The molecule has 0 aromatic rings. The number of aliphatic hydroxyl groups is 5. The van der Waals surface area contributed by atoms with Crippen molar-refractivity contribution in [3.8, 4) is 0 Å². The van der Waals surface area contributed by atoms with Crippen molar-refractivity contribution < 1.29 is 49.3 Å². The molecule has 0 spiro atoms. The van der Waals surface area contributed by atoms with Crippen molar-refractivity contribution in [3.05, 3.63) is 72.9 Å². The Morgan fingerprint density at radius 1 is 0.482 bits per heavy atom. The molecule has 0 saturated carbocycles. The van der Waals surface area contributed by atoms with Crippen LogP contribution >= 0.6 is 0 Å². The van der Waals surface area contributed by atoms with E-state index >= 15 is 0 Å². The molecule has 0 aromatic heterocycles. The van der Waals surface area contributed by atoms with Crippen LogP contribution in [0.25, 0.3) is 0 Å². The van der Waals surface area contributed by atoms with Crippen LogP contribution in [-0.4, -0.2) is 99.6 Å². The molecule has 482 valence electrons. The first kappa shape index (κ1) is 78.1. The maximum absolute atomic E-state index is 13.4. The zero-order chi connectivity index (χ0) is 60.3. The van der Waals surface area contributed by atoms with Gasteiger partial charge in [0, 0.05) is 6.42 Å². The lowest BCUT2D eigenvalue weighted by molar-refractivity contribution is -0.305. The van der Waals surface area contributed by atoms with E-state index in [4.69, 9.17) is 14.2 Å². The van der Waals surface area contributed by atoms with Crippen molar-refractivity contribution in [2.24, 2.45) is 0 Å². The number of allylic oxidation sites excluding steroid dienone is 11. The van der Waals surface area contributed by atoms with Gasteiger partial charge in [-0.2, -0.15) is 0 Å². The number of nitrogens with one attached hydrogen (secondary N) is 1. The number of rotatable bonds is 59. The second-order valence-electron chi connectivity index (χ2n) is 23.9. The van der Waals surface area contributed by atoms with Crippen molar-refractivity contribution in [2.75, 3.05) is 13.2 Å². The van der Waals surface area contributed by atoms with Gasteiger partial charge in [0.15, 0.2) is 12.4 Å². The smallest absolute Gasteiger partial charge is 0.306 e. The van der Waals surface area contributed by atoms with E-state index in [1.54, 1.807) is 6.08 Å². The molecule has 11 nitrogen and oxygen atoms in total. The molecule has 1 rings (SSSR count). The largest absolute Gasteiger partial charge is 0.454 e. The fourth-order valence-corrected chi connectivity index (χ4v) is 10.7. The monoisotopic (exact) mass is 1170 g/mol. The first-order valence-electron chi connectivity index (χ1n) is 34.7. The highest BCUT2D eigenvalue weighted by Gasteiger charge is 2.47. The van der Waals surface area contributed by atoms with Crippen LogP contribution in [0.2, 0.25) is 0 Å². The topological polar surface area (TPSA) is 175 Å². The van der Waals surface area contributed by atoms with E-state index in [0.29, 0.717) is 12.8 Å². The first-order chi connectivity index (χ1) is 40.7. The molecule has 8 unspecified atom stereocenters. The van der Waals surface area contributed by atoms with E-state index in [1.807, 2.05) is 6.08 Å². The number of hydrogen-bond donors (Lipinski definition) is 6. The van der Waals surface area contributed by atoms with Crippen LogP contribution in [0.1, 0.15) is 310 Å². The van der Waals surface area contributed by atoms with Gasteiger partial charge >= 0.3 is 5.97 Å². The summed E-state index contributed by atoms with van der Waals surface area (Å²) in [5.74, 6) is -1.22. The standard InChI is InChI=1S/C72H129NO10/c1-4-7-10-13-16-19-22-24-26-28-30-31-32-33-34-35-36-38-40-42-45-48-51-54-57-60-67(77)83-70-69(79)68(78)66(61-74)82-72(70)81-62-63(64(75)58-55-52-49-46-43-21-18-15-12-9-6-3)73-71(80)65(76)59-56-53-50-47-44-41-39-37-29-27-25-23-20-17-14-11-8-5-2/h8,11,17,20,25,27,37,39,44,47,55,58,63-66,68-70,72,74-76,78-79H,4-7,9-10,12-16,18-19,21-24,26,28-36,38,40-43,45-46,48-54,56-57,59-62H2,1-3H3,(H,73,80)/b11-8-,20-17-,27-25-,39-37-,47-44-,58-55+. The van der Waals surface area contributed by atoms with Gasteiger partial charge < -0.3 is 45.1 Å². The lowest BCUT2D eigenvalue weighted by Crippen LogP contribution is -2.61. The van der Waals surface area contributed by atoms with Crippen LogP contribution in [0.15, 0.2) is 72.9 Å². The number of esters is 1. The zero-order valence-electron chi connectivity index (χ0n) is 53.6. The van der Waals surface area contributed by atoms with E-state index in [-0.39, 0.29) is 19.4 Å². The van der Waals surface area contributed by atoms with Gasteiger partial charge in [0.2, 0.25) is 5.91 Å². The maximum Gasteiger partial charge on any atom is 0.306 e. The van der Waals surface area contributed by atoms with Crippen LogP contribution < -0.4 is 5.32 Å². The Hall–Kier alpha value is -2.90. The summed E-state index contributed by atoms with van der Waals surface area (Å²) in [6.45, 7) is 5.68. The summed E-state index contributed by atoms with van der Waals surface area (Å²) in [7, 11) is 0. The quantitative estimate of drug-likeness (QED) is 0.0195. The summed E-state index contributed by atoms with van der Waals surface area (Å²) in [5.41, 5.74) is 0. The molecule has 1 heterocycles. The highest BCUT2D eigenvalue weighted by molar-refractivity contribution is 5.80. The molecule has 0 aromatic carbocycles. The Morgan fingerprint density at radius 2 is 0.867 bits per heavy atom. The second-order valence-corrected chi connectivity index (χ2v) is 23.9. The molecule has 8 atom stereocenters. The molecule has 1 amide bonds. The van der Waals surface area contributed by atoms with Crippen molar-refractivity contribution in [1.82, 2.24) is 5.32 Å². The van der Waals surface area contributed by atoms with Crippen molar-refractivity contribution in [1.29, 1.82) is 0 Å². The molecule has 0 radical (unpaired) electrons. The van der Waals surface area contributed by atoms with E-state index in [1.165, 1.54) is 173 Å². The lowest BCUT2D eigenvalue weighted by Gasteiger charge is -2.41. The highest BCUT2D eigenvalue weighted by Crippen LogP contribution is 2.26. The first-order valence-corrected chi connectivity index (χ1v) is 34.7. The molecule has 1 aliphatic rings. The average Bonchev–Trinajstić information content (AvgIpc) is 3.64. The normalized spacial score (nSPS) is 19.0. The van der Waals surface area contributed by atoms with Gasteiger partial charge in [-0.1, -0.05) is 306 Å². The zero-order valence-corrected chi connectivity index (χ0v) is 53.6. The van der Waals surface area contributed by atoms with Gasteiger partial charge in [0.05, 0.1) is 25.4 Å². The fourth-order valence-electron chi connectivity index (χ4n) is 10.7. The van der Waals surface area contributed by atoms with Crippen molar-refractivity contribution in [3.63, 3.8) is 0 Å². The summed E-state index contributed by atoms with van der Waals surface area (Å²) in [6, 6.07) is -1.04. The minimum Gasteiger partial charge on any atom is -0.454 e. The lowest BCUT2D eigenvalue weighted by atomic mass is 9.99. The molecule has 11 heteroatoms. The third kappa shape index (κ3) is 46.9. The van der Waals surface area contributed by atoms with Crippen LogP contribution in [0.3, 0.4) is 0 Å². The van der Waals surface area contributed by atoms with E-state index in [0.717, 1.165) is 89.9 Å². The van der Waals surface area contributed by atoms with E-state index in [2.05, 4.69) is 86.8 Å². The highest BCUT2D eigenvalue weighted by atomic mass is 16.7. The number of ether oxygens (including phenoxy) is 3. The van der Waals surface area contributed by atoms with Gasteiger partial charge in [0.1, 0.15) is 24.4 Å². The molecule has 0 aliphatic carbocycles. The molecular formula is C72H129NO10. The molecule has 83 heavy (non-hydrogen) atoms. The second kappa shape index (κ2) is 59.4. The Morgan fingerprint density at radius 3 is 1.30 bits per heavy atom. The van der Waals surface area contributed by atoms with Gasteiger partial charge in [-0.3, -0.25) is 9.59 Å². The molecular weight excluding hydrogens is 1040 g/mol. The number of hydrogen-bond acceptors (Lipinski definition) is 10. The van der Waals surface area contributed by atoms with Crippen LogP contribution in [0.4, 0.5) is 0 Å². The Balaban J connectivity index is 2.57. The number of carbonyl (C=O) groups excluding carboxylic acids is 2. The number of carbonyl (C=O) groups is 2. The molecule has 0 bridgehead atoms. The predicted octanol–water partition coefficient (Wildman–Crippen LogP) is 17.5. The minimum absolute atomic E-state index is 0.121. The summed E-state index contributed by atoms with van der Waals surface area (Å²) in [6.07, 6.45) is 66.7. The predicted molar refractivity (Wildman–Crippen MR) is 347 cm³/mol. The van der Waals surface area contributed by atoms with Crippen LogP contribution in [0, 0.1) is 0 Å². The number of amides is 1. The van der Waals surface area contributed by atoms with Crippen molar-refractivity contribution in [2.45, 2.75) is 359 Å². The molecule has 6 N–H and O–H groups in total. The molecule has 1 fully saturated rings. The third-order valence-electron chi connectivity index (χ3n) is 16.1. The summed E-state index contributed by atoms with van der Waals surface area (Å²) in [5, 5.41) is 57.1. The third-order valence-corrected chi connectivity index (χ3v) is 16.1. The van der Waals surface area contributed by atoms with Crippen LogP contribution in [-0.2, 0) is 23.8 Å². The summed E-state index contributed by atoms with van der Waals surface area (Å²) in [4.78, 5) is 26.6. The van der Waals surface area contributed by atoms with Gasteiger partial charge in [-0.25, -0.2) is 0 Å². The Bertz CT molecular complexity index is 1630.